The predicted octanol–water partition coefficient (Wildman–Crippen LogP) is 2.20. The number of hydrogen-bond acceptors (Lipinski definition) is 5. The van der Waals surface area contributed by atoms with Gasteiger partial charge in [0.25, 0.3) is 0 Å². The van der Waals surface area contributed by atoms with Gasteiger partial charge in [-0.1, -0.05) is 25.1 Å². The molecule has 0 saturated heterocycles. The second-order valence-electron chi connectivity index (χ2n) is 5.94. The molecule has 7 nitrogen and oxygen atoms in total. The third kappa shape index (κ3) is 4.90. The standard InChI is InChI=1S/C18H23N3O4/c1-4-25-18(24)16-14(11-20(3)10-13(2)17(22)23)12-21(19-16)15-8-6-5-7-9-15/h5-9,12-13H,4,10-11H2,1-3H3,(H,22,23). The van der Waals surface area contributed by atoms with E-state index in [2.05, 4.69) is 5.10 Å². The fourth-order valence-electron chi connectivity index (χ4n) is 2.51. The fraction of sp³-hybridized carbons (Fsp3) is 0.389. The lowest BCUT2D eigenvalue weighted by Gasteiger charge is -2.18. The van der Waals surface area contributed by atoms with Crippen LogP contribution in [-0.4, -0.2) is 51.9 Å². The van der Waals surface area contributed by atoms with Crippen LogP contribution in [0.2, 0.25) is 0 Å². The minimum atomic E-state index is -0.850. The van der Waals surface area contributed by atoms with Crippen LogP contribution in [-0.2, 0) is 16.1 Å². The summed E-state index contributed by atoms with van der Waals surface area (Å²) < 4.78 is 6.73. The van der Waals surface area contributed by atoms with E-state index in [9.17, 15) is 9.59 Å². The van der Waals surface area contributed by atoms with E-state index >= 15 is 0 Å². The Morgan fingerprint density at radius 2 is 2.00 bits per heavy atom. The number of carboxylic acids is 1. The van der Waals surface area contributed by atoms with Crippen LogP contribution < -0.4 is 0 Å². The maximum Gasteiger partial charge on any atom is 0.359 e. The first-order valence-corrected chi connectivity index (χ1v) is 8.14. The first-order valence-electron chi connectivity index (χ1n) is 8.14. The van der Waals surface area contributed by atoms with Crippen LogP contribution in [0.1, 0.15) is 29.9 Å². The smallest absolute Gasteiger partial charge is 0.359 e. The Kier molecular flexibility index (Phi) is 6.30. The van der Waals surface area contributed by atoms with Gasteiger partial charge in [0.05, 0.1) is 18.2 Å². The summed E-state index contributed by atoms with van der Waals surface area (Å²) in [5.74, 6) is -1.83. The normalized spacial score (nSPS) is 12.2. The summed E-state index contributed by atoms with van der Waals surface area (Å²) >= 11 is 0. The lowest BCUT2D eigenvalue weighted by molar-refractivity contribution is -0.141. The highest BCUT2D eigenvalue weighted by atomic mass is 16.5. The third-order valence-corrected chi connectivity index (χ3v) is 3.73. The van der Waals surface area contributed by atoms with E-state index in [-0.39, 0.29) is 12.3 Å². The maximum absolute atomic E-state index is 12.2. The predicted molar refractivity (Wildman–Crippen MR) is 92.7 cm³/mol. The molecule has 1 heterocycles. The van der Waals surface area contributed by atoms with Crippen molar-refractivity contribution in [2.45, 2.75) is 20.4 Å². The average molecular weight is 345 g/mol. The quantitative estimate of drug-likeness (QED) is 0.738. The Bertz CT molecular complexity index is 727. The first kappa shape index (κ1) is 18.7. The van der Waals surface area contributed by atoms with Crippen molar-refractivity contribution in [3.8, 4) is 5.69 Å². The zero-order valence-corrected chi connectivity index (χ0v) is 14.7. The van der Waals surface area contributed by atoms with Crippen LogP contribution in [0.25, 0.3) is 5.69 Å². The second-order valence-corrected chi connectivity index (χ2v) is 5.94. The monoisotopic (exact) mass is 345 g/mol. The molecule has 1 N–H and O–H groups in total. The molecule has 2 rings (SSSR count). The number of esters is 1. The summed E-state index contributed by atoms with van der Waals surface area (Å²) in [7, 11) is 1.81. The molecule has 0 saturated carbocycles. The van der Waals surface area contributed by atoms with Crippen molar-refractivity contribution < 1.29 is 19.4 Å². The fourth-order valence-corrected chi connectivity index (χ4v) is 2.51. The molecule has 1 atom stereocenters. The number of carboxylic acid groups (broad SMARTS) is 1. The van der Waals surface area contributed by atoms with Gasteiger partial charge in [-0.05, 0) is 26.1 Å². The Balaban J connectivity index is 2.26. The molecule has 0 aliphatic carbocycles. The zero-order valence-electron chi connectivity index (χ0n) is 14.7. The van der Waals surface area contributed by atoms with E-state index in [0.717, 1.165) is 5.69 Å². The Hall–Kier alpha value is -2.67. The first-order chi connectivity index (χ1) is 11.9. The number of hydrogen-bond donors (Lipinski definition) is 1. The van der Waals surface area contributed by atoms with Crippen molar-refractivity contribution in [2.24, 2.45) is 5.92 Å². The van der Waals surface area contributed by atoms with Crippen LogP contribution in [0, 0.1) is 5.92 Å². The Morgan fingerprint density at radius 3 is 2.60 bits per heavy atom. The zero-order chi connectivity index (χ0) is 18.4. The summed E-state index contributed by atoms with van der Waals surface area (Å²) in [4.78, 5) is 25.1. The van der Waals surface area contributed by atoms with Gasteiger partial charge >= 0.3 is 11.9 Å². The summed E-state index contributed by atoms with van der Waals surface area (Å²) in [5, 5.41) is 13.4. The van der Waals surface area contributed by atoms with Gasteiger partial charge in [0.1, 0.15) is 0 Å². The molecule has 1 aromatic carbocycles. The molecule has 25 heavy (non-hydrogen) atoms. The molecule has 0 aliphatic heterocycles. The van der Waals surface area contributed by atoms with E-state index in [4.69, 9.17) is 9.84 Å². The summed E-state index contributed by atoms with van der Waals surface area (Å²) in [6.07, 6.45) is 1.78. The van der Waals surface area contributed by atoms with Crippen molar-refractivity contribution >= 4 is 11.9 Å². The molecular formula is C18H23N3O4. The second kappa shape index (κ2) is 8.43. The number of benzene rings is 1. The van der Waals surface area contributed by atoms with Gasteiger partial charge in [0, 0.05) is 24.8 Å². The minimum Gasteiger partial charge on any atom is -0.481 e. The largest absolute Gasteiger partial charge is 0.481 e. The number of ether oxygens (including phenoxy) is 1. The van der Waals surface area contributed by atoms with Crippen LogP contribution in [0.3, 0.4) is 0 Å². The van der Waals surface area contributed by atoms with Crippen LogP contribution in [0.5, 0.6) is 0 Å². The van der Waals surface area contributed by atoms with Crippen molar-refractivity contribution in [3.05, 3.63) is 47.8 Å². The van der Waals surface area contributed by atoms with Gasteiger partial charge in [0.15, 0.2) is 5.69 Å². The summed E-state index contributed by atoms with van der Waals surface area (Å²) in [6, 6.07) is 9.47. The van der Waals surface area contributed by atoms with Gasteiger partial charge < -0.3 is 14.7 Å². The molecular weight excluding hydrogens is 322 g/mol. The molecule has 0 fully saturated rings. The van der Waals surface area contributed by atoms with Gasteiger partial charge in [0.2, 0.25) is 0 Å². The number of para-hydroxylation sites is 1. The molecule has 2 aromatic rings. The van der Waals surface area contributed by atoms with Gasteiger partial charge in [-0.25, -0.2) is 9.48 Å². The van der Waals surface area contributed by atoms with Crippen molar-refractivity contribution in [3.63, 3.8) is 0 Å². The Labute approximate surface area is 146 Å². The van der Waals surface area contributed by atoms with Gasteiger partial charge in [-0.3, -0.25) is 4.79 Å². The van der Waals surface area contributed by atoms with Crippen molar-refractivity contribution in [1.82, 2.24) is 14.7 Å². The number of carbonyl (C=O) groups excluding carboxylic acids is 1. The molecule has 7 heteroatoms. The summed E-state index contributed by atoms with van der Waals surface area (Å²) in [6.45, 7) is 4.43. The molecule has 0 amide bonds. The molecule has 0 bridgehead atoms. The molecule has 0 spiro atoms. The topological polar surface area (TPSA) is 84.7 Å². The molecule has 1 unspecified atom stereocenters. The van der Waals surface area contributed by atoms with Crippen molar-refractivity contribution in [1.29, 1.82) is 0 Å². The van der Waals surface area contributed by atoms with Crippen molar-refractivity contribution in [2.75, 3.05) is 20.2 Å². The minimum absolute atomic E-state index is 0.250. The molecule has 0 radical (unpaired) electrons. The number of nitrogens with zero attached hydrogens (tertiary/aromatic N) is 3. The highest BCUT2D eigenvalue weighted by molar-refractivity contribution is 5.88. The lowest BCUT2D eigenvalue weighted by Crippen LogP contribution is -2.28. The van der Waals surface area contributed by atoms with E-state index in [1.807, 2.05) is 42.3 Å². The highest BCUT2D eigenvalue weighted by Gasteiger charge is 2.21. The van der Waals surface area contributed by atoms with Gasteiger partial charge in [-0.15, -0.1) is 0 Å². The number of carbonyl (C=O) groups is 2. The van der Waals surface area contributed by atoms with E-state index in [1.165, 1.54) is 0 Å². The van der Waals surface area contributed by atoms with Gasteiger partial charge in [-0.2, -0.15) is 5.10 Å². The molecule has 134 valence electrons. The van der Waals surface area contributed by atoms with Crippen LogP contribution in [0.15, 0.2) is 36.5 Å². The van der Waals surface area contributed by atoms with E-state index < -0.39 is 17.9 Å². The molecule has 1 aromatic heterocycles. The number of aromatic nitrogens is 2. The van der Waals surface area contributed by atoms with Crippen LogP contribution in [0.4, 0.5) is 0 Å². The van der Waals surface area contributed by atoms with Crippen LogP contribution >= 0.6 is 0 Å². The SMILES string of the molecule is CCOC(=O)c1nn(-c2ccccc2)cc1CN(C)CC(C)C(=O)O. The average Bonchev–Trinajstić information content (AvgIpc) is 2.99. The Morgan fingerprint density at radius 1 is 1.32 bits per heavy atom. The van der Waals surface area contributed by atoms with E-state index in [0.29, 0.717) is 18.7 Å². The highest BCUT2D eigenvalue weighted by Crippen LogP contribution is 2.16. The lowest BCUT2D eigenvalue weighted by atomic mass is 10.1. The third-order valence-electron chi connectivity index (χ3n) is 3.73. The van der Waals surface area contributed by atoms with E-state index in [1.54, 1.807) is 24.7 Å². The molecule has 0 aliphatic rings. The maximum atomic E-state index is 12.2. The summed E-state index contributed by atoms with van der Waals surface area (Å²) in [5.41, 5.74) is 1.78. The number of aliphatic carboxylic acids is 1. The number of rotatable bonds is 8.